The predicted molar refractivity (Wildman–Crippen MR) is 52.1 cm³/mol. The van der Waals surface area contributed by atoms with Gasteiger partial charge in [-0.1, -0.05) is 0 Å². The molecule has 0 radical (unpaired) electrons. The van der Waals surface area contributed by atoms with E-state index >= 15 is 0 Å². The summed E-state index contributed by atoms with van der Waals surface area (Å²) in [4.78, 5) is 11.8. The van der Waals surface area contributed by atoms with Gasteiger partial charge in [0.25, 0.3) is 5.56 Å². The van der Waals surface area contributed by atoms with E-state index in [-0.39, 0.29) is 5.56 Å². The highest BCUT2D eigenvalue weighted by molar-refractivity contribution is 5.58. The molecule has 7 heteroatoms. The van der Waals surface area contributed by atoms with Gasteiger partial charge >= 0.3 is 0 Å². The lowest BCUT2D eigenvalue weighted by Crippen LogP contribution is -2.24. The van der Waals surface area contributed by atoms with Gasteiger partial charge in [-0.25, -0.2) is 4.68 Å². The third-order valence-corrected chi connectivity index (χ3v) is 2.29. The fraction of sp³-hybridized carbons (Fsp3) is 0.375. The van der Waals surface area contributed by atoms with Gasteiger partial charge in [0.2, 0.25) is 5.82 Å². The van der Waals surface area contributed by atoms with Crippen LogP contribution in [-0.2, 0) is 7.05 Å². The van der Waals surface area contributed by atoms with Crippen molar-refractivity contribution in [1.82, 2.24) is 30.4 Å². The molecule has 0 aliphatic heterocycles. The van der Waals surface area contributed by atoms with Gasteiger partial charge in [0, 0.05) is 7.05 Å². The Morgan fingerprint density at radius 3 is 2.67 bits per heavy atom. The molecule has 0 aliphatic rings. The van der Waals surface area contributed by atoms with E-state index in [0.29, 0.717) is 11.4 Å². The molecule has 0 saturated heterocycles. The standard InChI is InChI=1S/C8H10N6O/c1-4-5(2)11-14(3)8(15)6(4)7-9-12-13-10-7/h1-3H3,(H,9,10,12,13). The minimum absolute atomic E-state index is 0.223. The molecule has 0 bridgehead atoms. The van der Waals surface area contributed by atoms with Crippen molar-refractivity contribution in [3.63, 3.8) is 0 Å². The minimum Gasteiger partial charge on any atom is -0.267 e. The van der Waals surface area contributed by atoms with Gasteiger partial charge in [0.15, 0.2) is 0 Å². The fourth-order valence-electron chi connectivity index (χ4n) is 1.38. The maximum absolute atomic E-state index is 11.8. The highest BCUT2D eigenvalue weighted by Gasteiger charge is 2.15. The predicted octanol–water partition coefficient (Wildman–Crippen LogP) is -0.423. The molecular formula is C8H10N6O. The largest absolute Gasteiger partial charge is 0.278 e. The molecule has 2 aromatic rings. The Hall–Kier alpha value is -2.05. The smallest absolute Gasteiger partial charge is 0.267 e. The third-order valence-electron chi connectivity index (χ3n) is 2.29. The number of nitrogens with one attached hydrogen (secondary N) is 1. The number of rotatable bonds is 1. The van der Waals surface area contributed by atoms with Gasteiger partial charge in [-0.3, -0.25) is 4.79 Å². The zero-order chi connectivity index (χ0) is 11.0. The van der Waals surface area contributed by atoms with Gasteiger partial charge in [-0.2, -0.15) is 10.3 Å². The van der Waals surface area contributed by atoms with Crippen LogP contribution in [0.15, 0.2) is 4.79 Å². The van der Waals surface area contributed by atoms with E-state index in [0.717, 1.165) is 11.3 Å². The molecule has 0 atom stereocenters. The van der Waals surface area contributed by atoms with Crippen LogP contribution < -0.4 is 5.56 Å². The van der Waals surface area contributed by atoms with Crippen molar-refractivity contribution in [2.45, 2.75) is 13.8 Å². The van der Waals surface area contributed by atoms with Crippen molar-refractivity contribution in [1.29, 1.82) is 0 Å². The summed E-state index contributed by atoms with van der Waals surface area (Å²) in [5.41, 5.74) is 1.77. The molecule has 78 valence electrons. The molecule has 7 nitrogen and oxygen atoms in total. The van der Waals surface area contributed by atoms with Crippen molar-refractivity contribution in [3.8, 4) is 11.4 Å². The molecular weight excluding hydrogens is 196 g/mol. The lowest BCUT2D eigenvalue weighted by atomic mass is 10.1. The van der Waals surface area contributed by atoms with E-state index in [1.807, 2.05) is 13.8 Å². The Morgan fingerprint density at radius 2 is 2.07 bits per heavy atom. The van der Waals surface area contributed by atoms with E-state index in [4.69, 9.17) is 0 Å². The second-order valence-electron chi connectivity index (χ2n) is 3.25. The maximum atomic E-state index is 11.8. The number of tetrazole rings is 1. The molecule has 15 heavy (non-hydrogen) atoms. The van der Waals surface area contributed by atoms with E-state index < -0.39 is 0 Å². The fourth-order valence-corrected chi connectivity index (χ4v) is 1.38. The second-order valence-corrected chi connectivity index (χ2v) is 3.25. The number of aryl methyl sites for hydroxylation is 2. The van der Waals surface area contributed by atoms with E-state index in [1.54, 1.807) is 7.05 Å². The minimum atomic E-state index is -0.223. The first-order valence-corrected chi connectivity index (χ1v) is 4.39. The zero-order valence-electron chi connectivity index (χ0n) is 8.64. The number of nitrogens with zero attached hydrogens (tertiary/aromatic N) is 5. The molecule has 0 unspecified atom stereocenters. The van der Waals surface area contributed by atoms with Gasteiger partial charge in [0.05, 0.1) is 11.3 Å². The van der Waals surface area contributed by atoms with E-state index in [2.05, 4.69) is 25.7 Å². The van der Waals surface area contributed by atoms with E-state index in [9.17, 15) is 4.79 Å². The molecule has 0 fully saturated rings. The highest BCUT2D eigenvalue weighted by Crippen LogP contribution is 2.14. The summed E-state index contributed by atoms with van der Waals surface area (Å²) in [7, 11) is 1.60. The van der Waals surface area contributed by atoms with Crippen LogP contribution >= 0.6 is 0 Å². The number of hydrogen-bond donors (Lipinski definition) is 1. The average molecular weight is 206 g/mol. The van der Waals surface area contributed by atoms with Crippen LogP contribution in [0.1, 0.15) is 11.3 Å². The van der Waals surface area contributed by atoms with Crippen molar-refractivity contribution in [3.05, 3.63) is 21.6 Å². The van der Waals surface area contributed by atoms with Crippen molar-refractivity contribution in [2.75, 3.05) is 0 Å². The van der Waals surface area contributed by atoms with Crippen LogP contribution in [0, 0.1) is 13.8 Å². The van der Waals surface area contributed by atoms with Crippen LogP contribution in [0.2, 0.25) is 0 Å². The molecule has 0 spiro atoms. The lowest BCUT2D eigenvalue weighted by Gasteiger charge is -2.05. The Kier molecular flexibility index (Phi) is 2.07. The number of aromatic amines is 1. The Bertz CT molecular complexity index is 541. The summed E-state index contributed by atoms with van der Waals surface area (Å²) in [6, 6.07) is 0. The SMILES string of the molecule is Cc1nn(C)c(=O)c(-c2nn[nH]n2)c1C. The first-order valence-electron chi connectivity index (χ1n) is 4.39. The van der Waals surface area contributed by atoms with Crippen LogP contribution in [0.5, 0.6) is 0 Å². The number of H-pyrrole nitrogens is 1. The Balaban J connectivity index is 2.81. The molecule has 2 rings (SSSR count). The quantitative estimate of drug-likeness (QED) is 0.684. The average Bonchev–Trinajstić information content (AvgIpc) is 2.69. The van der Waals surface area contributed by atoms with Gasteiger partial charge < -0.3 is 0 Å². The van der Waals surface area contributed by atoms with Crippen LogP contribution in [0.25, 0.3) is 11.4 Å². The zero-order valence-corrected chi connectivity index (χ0v) is 8.64. The van der Waals surface area contributed by atoms with Gasteiger partial charge in [0.1, 0.15) is 0 Å². The summed E-state index contributed by atoms with van der Waals surface area (Å²) in [5, 5.41) is 17.4. The Morgan fingerprint density at radius 1 is 1.33 bits per heavy atom. The summed E-state index contributed by atoms with van der Waals surface area (Å²) >= 11 is 0. The van der Waals surface area contributed by atoms with Crippen molar-refractivity contribution in [2.24, 2.45) is 7.05 Å². The van der Waals surface area contributed by atoms with Gasteiger partial charge in [-0.05, 0) is 24.6 Å². The first kappa shape index (κ1) is 9.50. The second kappa shape index (κ2) is 3.26. The van der Waals surface area contributed by atoms with Crippen LogP contribution in [-0.4, -0.2) is 30.4 Å². The summed E-state index contributed by atoms with van der Waals surface area (Å²) in [6.45, 7) is 3.65. The molecule has 0 saturated carbocycles. The summed E-state index contributed by atoms with van der Waals surface area (Å²) in [5.74, 6) is 0.304. The molecule has 0 aromatic carbocycles. The van der Waals surface area contributed by atoms with Crippen molar-refractivity contribution >= 4 is 0 Å². The number of aromatic nitrogens is 6. The Labute approximate surface area is 85.1 Å². The molecule has 0 aliphatic carbocycles. The molecule has 2 heterocycles. The lowest BCUT2D eigenvalue weighted by molar-refractivity contribution is 0.689. The van der Waals surface area contributed by atoms with Crippen molar-refractivity contribution < 1.29 is 0 Å². The van der Waals surface area contributed by atoms with Crippen LogP contribution in [0.4, 0.5) is 0 Å². The van der Waals surface area contributed by atoms with Gasteiger partial charge in [-0.15, -0.1) is 10.2 Å². The number of hydrogen-bond acceptors (Lipinski definition) is 5. The van der Waals surface area contributed by atoms with Crippen LogP contribution in [0.3, 0.4) is 0 Å². The normalized spacial score (nSPS) is 10.6. The van der Waals surface area contributed by atoms with E-state index in [1.165, 1.54) is 4.68 Å². The third kappa shape index (κ3) is 1.41. The highest BCUT2D eigenvalue weighted by atomic mass is 16.1. The molecule has 2 aromatic heterocycles. The maximum Gasteiger partial charge on any atom is 0.278 e. The molecule has 0 amide bonds. The summed E-state index contributed by atoms with van der Waals surface area (Å²) in [6.07, 6.45) is 0. The first-order chi connectivity index (χ1) is 7.11. The monoisotopic (exact) mass is 206 g/mol. The topological polar surface area (TPSA) is 89.4 Å². The summed E-state index contributed by atoms with van der Waals surface area (Å²) < 4.78 is 1.27. The molecule has 1 N–H and O–H groups in total.